The van der Waals surface area contributed by atoms with Gasteiger partial charge in [-0.2, -0.15) is 0 Å². The maximum Gasteiger partial charge on any atom is 0.415 e. The Kier molecular flexibility index (Phi) is 8.01. The zero-order chi connectivity index (χ0) is 26.3. The van der Waals surface area contributed by atoms with E-state index >= 15 is 0 Å². The third-order valence-corrected chi connectivity index (χ3v) is 6.23. The van der Waals surface area contributed by atoms with Gasteiger partial charge in [0, 0.05) is 13.7 Å². The fraction of sp³-hybridized carbons (Fsp3) is 0.321. The van der Waals surface area contributed by atoms with Gasteiger partial charge in [0.05, 0.1) is 13.2 Å². The van der Waals surface area contributed by atoms with Crippen molar-refractivity contribution in [3.63, 3.8) is 0 Å². The van der Waals surface area contributed by atoms with Gasteiger partial charge in [-0.25, -0.2) is 9.78 Å². The van der Waals surface area contributed by atoms with Crippen LogP contribution in [-0.4, -0.2) is 63.1 Å². The highest BCUT2D eigenvalue weighted by atomic mass is 16.6. The summed E-state index contributed by atoms with van der Waals surface area (Å²) in [5, 5.41) is 6.10. The molecule has 1 atom stereocenters. The molecule has 2 N–H and O–H groups in total. The van der Waals surface area contributed by atoms with Gasteiger partial charge in [-0.05, 0) is 60.0 Å². The Hall–Kier alpha value is -4.15. The van der Waals surface area contributed by atoms with Crippen molar-refractivity contribution in [3.8, 4) is 22.6 Å². The molecule has 3 heterocycles. The van der Waals surface area contributed by atoms with Crippen LogP contribution in [0.25, 0.3) is 11.1 Å². The number of amides is 2. The number of nitrogens with zero attached hydrogens (tertiary/aromatic N) is 2. The Morgan fingerprint density at radius 1 is 1.08 bits per heavy atom. The molecule has 1 aromatic heterocycles. The summed E-state index contributed by atoms with van der Waals surface area (Å²) in [6.45, 7) is 2.77. The number of anilines is 2. The quantitative estimate of drug-likeness (QED) is 0.371. The molecular formula is C28H30N4O6. The van der Waals surface area contributed by atoms with Gasteiger partial charge >= 0.3 is 6.09 Å². The molecule has 0 saturated carbocycles. The van der Waals surface area contributed by atoms with E-state index in [-0.39, 0.29) is 18.6 Å². The third-order valence-electron chi connectivity index (χ3n) is 6.23. The standard InChI is InChI=1S/C28H30N4O6/c1-35-12-13-36-22-7-3-6-21(15-22)20-5-2-4-19(14-20)16-29-11-10-23-17-32(28(34)38-23)25-9-8-24-27(30-25)31-26(33)18-37-24/h2-9,14-15,23,29H,10-13,16-18H2,1H3,(H,30,31,33)/t23-/m0/s1. The maximum atomic E-state index is 12.5. The van der Waals surface area contributed by atoms with Gasteiger partial charge in [0.15, 0.2) is 18.2 Å². The number of fused-ring (bicyclic) bond motifs is 1. The van der Waals surface area contributed by atoms with Crippen molar-refractivity contribution in [2.45, 2.75) is 19.1 Å². The maximum absolute atomic E-state index is 12.5. The molecule has 0 unspecified atom stereocenters. The number of rotatable bonds is 11. The van der Waals surface area contributed by atoms with E-state index in [0.29, 0.717) is 56.7 Å². The highest BCUT2D eigenvalue weighted by molar-refractivity contribution is 5.95. The lowest BCUT2D eigenvalue weighted by molar-refractivity contribution is -0.118. The number of hydrogen-bond acceptors (Lipinski definition) is 8. The summed E-state index contributed by atoms with van der Waals surface area (Å²) in [6.07, 6.45) is -0.0504. The Labute approximate surface area is 220 Å². The predicted octanol–water partition coefficient (Wildman–Crippen LogP) is 3.61. The van der Waals surface area contributed by atoms with E-state index in [4.69, 9.17) is 18.9 Å². The van der Waals surface area contributed by atoms with Gasteiger partial charge in [-0.15, -0.1) is 0 Å². The van der Waals surface area contributed by atoms with Crippen LogP contribution in [0.5, 0.6) is 11.5 Å². The van der Waals surface area contributed by atoms with Gasteiger partial charge in [-0.3, -0.25) is 9.69 Å². The summed E-state index contributed by atoms with van der Waals surface area (Å²) in [6, 6.07) is 19.8. The summed E-state index contributed by atoms with van der Waals surface area (Å²) in [5.41, 5.74) is 3.35. The molecular weight excluding hydrogens is 488 g/mol. The first-order valence-electron chi connectivity index (χ1n) is 12.5. The molecule has 1 saturated heterocycles. The fourth-order valence-corrected chi connectivity index (χ4v) is 4.33. The third kappa shape index (κ3) is 6.21. The molecule has 38 heavy (non-hydrogen) atoms. The first-order valence-corrected chi connectivity index (χ1v) is 12.5. The Bertz CT molecular complexity index is 1300. The molecule has 5 rings (SSSR count). The van der Waals surface area contributed by atoms with E-state index in [0.717, 1.165) is 22.4 Å². The molecule has 10 heteroatoms. The number of hydrogen-bond donors (Lipinski definition) is 2. The summed E-state index contributed by atoms with van der Waals surface area (Å²) >= 11 is 0. The van der Waals surface area contributed by atoms with Crippen LogP contribution in [0.3, 0.4) is 0 Å². The minimum atomic E-state index is -0.452. The van der Waals surface area contributed by atoms with Gasteiger partial charge in [-0.1, -0.05) is 30.3 Å². The Balaban J connectivity index is 1.11. The summed E-state index contributed by atoms with van der Waals surface area (Å²) < 4.78 is 21.7. The lowest BCUT2D eigenvalue weighted by Gasteiger charge is -2.19. The number of benzene rings is 2. The minimum Gasteiger partial charge on any atom is -0.491 e. The molecule has 0 spiro atoms. The van der Waals surface area contributed by atoms with E-state index in [9.17, 15) is 9.59 Å². The second-order valence-electron chi connectivity index (χ2n) is 9.00. The lowest BCUT2D eigenvalue weighted by Crippen LogP contribution is -2.29. The van der Waals surface area contributed by atoms with Crippen LogP contribution in [0.4, 0.5) is 16.4 Å². The molecule has 2 aromatic carbocycles. The van der Waals surface area contributed by atoms with Gasteiger partial charge in [0.1, 0.15) is 24.3 Å². The number of nitrogens with one attached hydrogen (secondary N) is 2. The molecule has 3 aromatic rings. The smallest absolute Gasteiger partial charge is 0.415 e. The first kappa shape index (κ1) is 25.5. The largest absolute Gasteiger partial charge is 0.491 e. The normalized spacial score (nSPS) is 16.4. The van der Waals surface area contributed by atoms with E-state index in [1.165, 1.54) is 4.90 Å². The monoisotopic (exact) mass is 518 g/mol. The van der Waals surface area contributed by atoms with Crippen molar-refractivity contribution in [2.24, 2.45) is 0 Å². The van der Waals surface area contributed by atoms with Crippen molar-refractivity contribution in [3.05, 3.63) is 66.2 Å². The Morgan fingerprint density at radius 2 is 1.92 bits per heavy atom. The second kappa shape index (κ2) is 11.9. The van der Waals surface area contributed by atoms with Gasteiger partial charge in [0.25, 0.3) is 5.91 Å². The van der Waals surface area contributed by atoms with Crippen LogP contribution in [-0.2, 0) is 20.8 Å². The van der Waals surface area contributed by atoms with E-state index < -0.39 is 6.09 Å². The van der Waals surface area contributed by atoms with Crippen LogP contribution in [0.1, 0.15) is 12.0 Å². The summed E-state index contributed by atoms with van der Waals surface area (Å²) in [4.78, 5) is 29.9. The van der Waals surface area contributed by atoms with E-state index in [1.54, 1.807) is 19.2 Å². The van der Waals surface area contributed by atoms with Crippen molar-refractivity contribution < 1.29 is 28.5 Å². The SMILES string of the molecule is COCCOc1cccc(-c2cccc(CNCC[C@H]3CN(c4ccc5c(n4)NC(=O)CO5)C(=O)O3)c2)c1. The van der Waals surface area contributed by atoms with Crippen LogP contribution in [0.15, 0.2) is 60.7 Å². The number of aromatic nitrogens is 1. The highest BCUT2D eigenvalue weighted by Gasteiger charge is 2.33. The van der Waals surface area contributed by atoms with Gasteiger partial charge in [0.2, 0.25) is 0 Å². The zero-order valence-corrected chi connectivity index (χ0v) is 21.1. The van der Waals surface area contributed by atoms with Crippen LogP contribution in [0.2, 0.25) is 0 Å². The van der Waals surface area contributed by atoms with Crippen molar-refractivity contribution >= 4 is 23.6 Å². The average Bonchev–Trinajstić information content (AvgIpc) is 3.31. The topological polar surface area (TPSA) is 111 Å². The molecule has 0 radical (unpaired) electrons. The molecule has 1 fully saturated rings. The number of carbonyl (C=O) groups is 2. The van der Waals surface area contributed by atoms with E-state index in [1.807, 2.05) is 24.3 Å². The second-order valence-corrected chi connectivity index (χ2v) is 9.00. The molecule has 10 nitrogen and oxygen atoms in total. The predicted molar refractivity (Wildman–Crippen MR) is 142 cm³/mol. The number of pyridine rings is 1. The Morgan fingerprint density at radius 3 is 2.79 bits per heavy atom. The number of carbonyl (C=O) groups excluding carboxylic acids is 2. The van der Waals surface area contributed by atoms with Crippen LogP contribution < -0.4 is 25.0 Å². The first-order chi connectivity index (χ1) is 18.6. The molecule has 2 amide bonds. The zero-order valence-electron chi connectivity index (χ0n) is 21.1. The van der Waals surface area contributed by atoms with Crippen LogP contribution >= 0.6 is 0 Å². The van der Waals surface area contributed by atoms with Gasteiger partial charge < -0.3 is 29.6 Å². The molecule has 198 valence electrons. The molecule has 0 bridgehead atoms. The van der Waals surface area contributed by atoms with E-state index in [2.05, 4.69) is 39.9 Å². The molecule has 2 aliphatic rings. The minimum absolute atomic E-state index is 0.0450. The van der Waals surface area contributed by atoms with Crippen LogP contribution in [0, 0.1) is 0 Å². The fourth-order valence-electron chi connectivity index (χ4n) is 4.33. The molecule has 0 aliphatic carbocycles. The summed E-state index contributed by atoms with van der Waals surface area (Å²) in [7, 11) is 1.65. The summed E-state index contributed by atoms with van der Waals surface area (Å²) in [5.74, 6) is 1.74. The lowest BCUT2D eigenvalue weighted by atomic mass is 10.0. The highest BCUT2D eigenvalue weighted by Crippen LogP contribution is 2.30. The van der Waals surface area contributed by atoms with Crippen molar-refractivity contribution in [2.75, 3.05) is 50.2 Å². The van der Waals surface area contributed by atoms with Crippen molar-refractivity contribution in [1.29, 1.82) is 0 Å². The average molecular weight is 519 g/mol. The number of cyclic esters (lactones) is 1. The number of ether oxygens (including phenoxy) is 4. The molecule has 2 aliphatic heterocycles. The van der Waals surface area contributed by atoms with Crippen molar-refractivity contribution in [1.82, 2.24) is 10.3 Å². The number of methoxy groups -OCH3 is 1.